The molecule has 136 valence electrons. The first-order valence-corrected chi connectivity index (χ1v) is 8.87. The Balaban J connectivity index is 1.70. The van der Waals surface area contributed by atoms with Gasteiger partial charge in [0.25, 0.3) is 0 Å². The largest absolute Gasteiger partial charge is 0.481 e. The number of hydrogen-bond acceptors (Lipinski definition) is 3. The van der Waals surface area contributed by atoms with E-state index in [0.717, 1.165) is 18.4 Å². The third-order valence-corrected chi connectivity index (χ3v) is 5.74. The normalized spacial score (nSPS) is 26.3. The van der Waals surface area contributed by atoms with Crippen LogP contribution in [0.2, 0.25) is 5.02 Å². The van der Waals surface area contributed by atoms with E-state index in [9.17, 15) is 14.7 Å². The molecule has 1 unspecified atom stereocenters. The van der Waals surface area contributed by atoms with Crippen molar-refractivity contribution in [3.8, 4) is 0 Å². The minimum absolute atomic E-state index is 0.0483. The Labute approximate surface area is 152 Å². The molecule has 1 saturated heterocycles. The maximum atomic E-state index is 12.7. The highest BCUT2D eigenvalue weighted by atomic mass is 35.5. The van der Waals surface area contributed by atoms with Crippen molar-refractivity contribution in [3.63, 3.8) is 0 Å². The van der Waals surface area contributed by atoms with Crippen LogP contribution < -0.4 is 5.32 Å². The Morgan fingerprint density at radius 1 is 1.44 bits per heavy atom. The summed E-state index contributed by atoms with van der Waals surface area (Å²) in [6.45, 7) is 1.10. The standard InChI is InChI=1S/C18H23ClN2O4/c1-25-10-15(12-4-6-14(19)7-5-12)20-17(24)21-9-13-3-2-8-18(13,11-21)16(22)23/h4-7,13,15H,2-3,8-11H2,1H3,(H,20,24)(H,22,23)/t13-,15?,18+/m0/s1. The number of aliphatic carboxylic acids is 1. The molecule has 3 atom stereocenters. The molecule has 2 aliphatic rings. The van der Waals surface area contributed by atoms with E-state index >= 15 is 0 Å². The smallest absolute Gasteiger partial charge is 0.318 e. The SMILES string of the molecule is COCC(NC(=O)N1C[C@@H]2CCC[C@@]2(C(=O)O)C1)c1ccc(Cl)cc1. The predicted molar refractivity (Wildman–Crippen MR) is 93.6 cm³/mol. The van der Waals surface area contributed by atoms with Gasteiger partial charge in [0.1, 0.15) is 0 Å². The van der Waals surface area contributed by atoms with Crippen molar-refractivity contribution in [3.05, 3.63) is 34.9 Å². The van der Waals surface area contributed by atoms with Gasteiger partial charge in [0, 0.05) is 25.2 Å². The highest BCUT2D eigenvalue weighted by molar-refractivity contribution is 6.30. The van der Waals surface area contributed by atoms with E-state index in [-0.39, 0.29) is 24.5 Å². The molecule has 1 aromatic rings. The summed E-state index contributed by atoms with van der Waals surface area (Å²) in [5.74, 6) is -0.733. The number of carboxylic acids is 1. The number of fused-ring (bicyclic) bond motifs is 1. The van der Waals surface area contributed by atoms with Gasteiger partial charge in [0.15, 0.2) is 0 Å². The molecular formula is C18H23ClN2O4. The van der Waals surface area contributed by atoms with Gasteiger partial charge in [0.05, 0.1) is 18.1 Å². The maximum Gasteiger partial charge on any atom is 0.318 e. The Kier molecular flexibility index (Phi) is 5.20. The van der Waals surface area contributed by atoms with Crippen molar-refractivity contribution in [2.24, 2.45) is 11.3 Å². The number of ether oxygens (including phenoxy) is 1. The number of carbonyl (C=O) groups is 2. The molecule has 25 heavy (non-hydrogen) atoms. The van der Waals surface area contributed by atoms with E-state index in [4.69, 9.17) is 16.3 Å². The van der Waals surface area contributed by atoms with Crippen LogP contribution in [0.15, 0.2) is 24.3 Å². The summed E-state index contributed by atoms with van der Waals surface area (Å²) < 4.78 is 5.22. The topological polar surface area (TPSA) is 78.9 Å². The highest BCUT2D eigenvalue weighted by Gasteiger charge is 2.55. The highest BCUT2D eigenvalue weighted by Crippen LogP contribution is 2.48. The van der Waals surface area contributed by atoms with E-state index in [1.807, 2.05) is 12.1 Å². The van der Waals surface area contributed by atoms with Crippen LogP contribution >= 0.6 is 11.6 Å². The molecule has 1 aliphatic carbocycles. The average Bonchev–Trinajstić information content (AvgIpc) is 3.13. The summed E-state index contributed by atoms with van der Waals surface area (Å²) >= 11 is 5.92. The van der Waals surface area contributed by atoms with Gasteiger partial charge < -0.3 is 20.1 Å². The van der Waals surface area contributed by atoms with Crippen LogP contribution in [0.1, 0.15) is 30.9 Å². The molecule has 0 spiro atoms. The average molecular weight is 367 g/mol. The molecule has 0 aromatic heterocycles. The molecule has 1 heterocycles. The molecule has 1 aromatic carbocycles. The van der Waals surface area contributed by atoms with Crippen molar-refractivity contribution in [2.75, 3.05) is 26.8 Å². The van der Waals surface area contributed by atoms with Gasteiger partial charge in [-0.1, -0.05) is 30.2 Å². The molecule has 2 fully saturated rings. The van der Waals surface area contributed by atoms with E-state index in [1.165, 1.54) is 0 Å². The minimum atomic E-state index is -0.781. The fraction of sp³-hybridized carbons (Fsp3) is 0.556. The van der Waals surface area contributed by atoms with Crippen molar-refractivity contribution in [2.45, 2.75) is 25.3 Å². The van der Waals surface area contributed by atoms with Crippen LogP contribution in [0.4, 0.5) is 4.79 Å². The Hall–Kier alpha value is -1.79. The van der Waals surface area contributed by atoms with Crippen LogP contribution in [0.5, 0.6) is 0 Å². The summed E-state index contributed by atoms with van der Waals surface area (Å²) in [5, 5.41) is 13.2. The van der Waals surface area contributed by atoms with Crippen molar-refractivity contribution in [1.82, 2.24) is 10.2 Å². The predicted octanol–water partition coefficient (Wildman–Crippen LogP) is 2.92. The number of methoxy groups -OCH3 is 1. The zero-order chi connectivity index (χ0) is 18.0. The van der Waals surface area contributed by atoms with Crippen LogP contribution in [0, 0.1) is 11.3 Å². The molecule has 2 amide bonds. The molecule has 0 bridgehead atoms. The molecule has 2 N–H and O–H groups in total. The summed E-state index contributed by atoms with van der Waals surface area (Å²) in [5.41, 5.74) is 0.126. The van der Waals surface area contributed by atoms with E-state index in [1.54, 1.807) is 24.1 Å². The number of carbonyl (C=O) groups excluding carboxylic acids is 1. The molecule has 7 heteroatoms. The number of nitrogens with zero attached hydrogens (tertiary/aromatic N) is 1. The Morgan fingerprint density at radius 3 is 2.76 bits per heavy atom. The Bertz CT molecular complexity index is 651. The number of halogens is 1. The quantitative estimate of drug-likeness (QED) is 0.839. The lowest BCUT2D eigenvalue weighted by atomic mass is 9.81. The number of benzene rings is 1. The van der Waals surface area contributed by atoms with Crippen LogP contribution in [-0.2, 0) is 9.53 Å². The molecular weight excluding hydrogens is 344 g/mol. The third kappa shape index (κ3) is 3.46. The van der Waals surface area contributed by atoms with E-state index in [2.05, 4.69) is 5.32 Å². The first-order chi connectivity index (χ1) is 12.0. The molecule has 1 aliphatic heterocycles. The minimum Gasteiger partial charge on any atom is -0.481 e. The third-order valence-electron chi connectivity index (χ3n) is 5.49. The van der Waals surface area contributed by atoms with E-state index in [0.29, 0.717) is 24.6 Å². The van der Waals surface area contributed by atoms with Crippen molar-refractivity contribution in [1.29, 1.82) is 0 Å². The number of nitrogens with one attached hydrogen (secondary N) is 1. The fourth-order valence-electron chi connectivity index (χ4n) is 4.12. The van der Waals surface area contributed by atoms with Gasteiger partial charge in [-0.15, -0.1) is 0 Å². The molecule has 0 radical (unpaired) electrons. The van der Waals surface area contributed by atoms with Gasteiger partial charge in [-0.25, -0.2) is 4.79 Å². The van der Waals surface area contributed by atoms with Crippen LogP contribution in [-0.4, -0.2) is 48.8 Å². The van der Waals surface area contributed by atoms with Crippen molar-refractivity contribution < 1.29 is 19.4 Å². The molecule has 6 nitrogen and oxygen atoms in total. The first kappa shape index (κ1) is 18.0. The summed E-state index contributed by atoms with van der Waals surface area (Å²) in [7, 11) is 1.58. The zero-order valence-electron chi connectivity index (χ0n) is 14.2. The second-order valence-electron chi connectivity index (χ2n) is 6.94. The fourth-order valence-corrected chi connectivity index (χ4v) is 4.24. The Morgan fingerprint density at radius 2 is 2.16 bits per heavy atom. The number of carboxylic acid groups (broad SMARTS) is 1. The first-order valence-electron chi connectivity index (χ1n) is 8.49. The number of hydrogen-bond donors (Lipinski definition) is 2. The van der Waals surface area contributed by atoms with Crippen LogP contribution in [0.3, 0.4) is 0 Å². The second kappa shape index (κ2) is 7.22. The molecule has 3 rings (SSSR count). The van der Waals surface area contributed by atoms with Gasteiger partial charge in [-0.2, -0.15) is 0 Å². The number of urea groups is 1. The van der Waals surface area contributed by atoms with Gasteiger partial charge in [-0.05, 0) is 36.5 Å². The molecule has 1 saturated carbocycles. The number of likely N-dealkylation sites (tertiary alicyclic amines) is 1. The lowest BCUT2D eigenvalue weighted by molar-refractivity contribution is -0.149. The monoisotopic (exact) mass is 366 g/mol. The summed E-state index contributed by atoms with van der Waals surface area (Å²) in [6, 6.07) is 6.69. The summed E-state index contributed by atoms with van der Waals surface area (Å²) in [4.78, 5) is 26.1. The van der Waals surface area contributed by atoms with E-state index < -0.39 is 11.4 Å². The van der Waals surface area contributed by atoms with Gasteiger partial charge in [0.2, 0.25) is 0 Å². The number of amides is 2. The maximum absolute atomic E-state index is 12.7. The van der Waals surface area contributed by atoms with Crippen molar-refractivity contribution >= 4 is 23.6 Å². The summed E-state index contributed by atoms with van der Waals surface area (Å²) in [6.07, 6.45) is 2.44. The number of rotatable bonds is 5. The van der Waals surface area contributed by atoms with Gasteiger partial charge in [-0.3, -0.25) is 4.79 Å². The lowest BCUT2D eigenvalue weighted by Gasteiger charge is -2.25. The van der Waals surface area contributed by atoms with Crippen LogP contribution in [0.25, 0.3) is 0 Å². The zero-order valence-corrected chi connectivity index (χ0v) is 15.0. The second-order valence-corrected chi connectivity index (χ2v) is 7.38. The van der Waals surface area contributed by atoms with Gasteiger partial charge >= 0.3 is 12.0 Å². The lowest BCUT2D eigenvalue weighted by Crippen LogP contribution is -2.43.